The van der Waals surface area contributed by atoms with Gasteiger partial charge in [0.05, 0.1) is 24.0 Å². The van der Waals surface area contributed by atoms with Crippen molar-refractivity contribution in [3.63, 3.8) is 0 Å². The molecule has 2 heterocycles. The van der Waals surface area contributed by atoms with Crippen molar-refractivity contribution in [2.45, 2.75) is 31.7 Å². The molecule has 7 nitrogen and oxygen atoms in total. The van der Waals surface area contributed by atoms with Gasteiger partial charge in [0, 0.05) is 19.6 Å². The highest BCUT2D eigenvalue weighted by Crippen LogP contribution is 2.19. The maximum Gasteiger partial charge on any atom is 0.320 e. The van der Waals surface area contributed by atoms with Crippen LogP contribution in [0.5, 0.6) is 0 Å². The monoisotopic (exact) mass is 304 g/mol. The zero-order valence-electron chi connectivity index (χ0n) is 11.3. The van der Waals surface area contributed by atoms with E-state index in [1.165, 1.54) is 4.90 Å². The van der Waals surface area contributed by atoms with Crippen LogP contribution in [-0.2, 0) is 14.6 Å². The molecule has 0 spiro atoms. The molecule has 20 heavy (non-hydrogen) atoms. The van der Waals surface area contributed by atoms with Crippen LogP contribution in [0.4, 0.5) is 4.79 Å². The molecular weight excluding hydrogens is 284 g/mol. The lowest BCUT2D eigenvalue weighted by Crippen LogP contribution is -2.56. The number of carboxylic acids is 1. The molecule has 2 aliphatic heterocycles. The lowest BCUT2D eigenvalue weighted by Gasteiger charge is -2.39. The Kier molecular flexibility index (Phi) is 4.52. The van der Waals surface area contributed by atoms with Gasteiger partial charge < -0.3 is 14.9 Å². The number of hydrogen-bond acceptors (Lipinski definition) is 4. The summed E-state index contributed by atoms with van der Waals surface area (Å²) in [5.41, 5.74) is 0. The Morgan fingerprint density at radius 3 is 2.35 bits per heavy atom. The number of amides is 2. The van der Waals surface area contributed by atoms with Crippen LogP contribution < -0.4 is 0 Å². The van der Waals surface area contributed by atoms with Crippen molar-refractivity contribution in [3.8, 4) is 0 Å². The van der Waals surface area contributed by atoms with E-state index in [-0.39, 0.29) is 30.5 Å². The summed E-state index contributed by atoms with van der Waals surface area (Å²) in [5.74, 6) is -1.41. The van der Waals surface area contributed by atoms with Gasteiger partial charge in [0.25, 0.3) is 0 Å². The summed E-state index contributed by atoms with van der Waals surface area (Å²) in [6.07, 6.45) is 2.67. The third kappa shape index (κ3) is 3.62. The van der Waals surface area contributed by atoms with E-state index in [1.807, 2.05) is 0 Å². The van der Waals surface area contributed by atoms with Gasteiger partial charge in [-0.25, -0.2) is 13.2 Å². The van der Waals surface area contributed by atoms with Gasteiger partial charge in [0.2, 0.25) is 0 Å². The van der Waals surface area contributed by atoms with Crippen molar-refractivity contribution in [1.82, 2.24) is 9.80 Å². The number of nitrogens with zero attached hydrogens (tertiary/aromatic N) is 2. The molecule has 0 saturated carbocycles. The van der Waals surface area contributed by atoms with Crippen LogP contribution >= 0.6 is 0 Å². The Hall–Kier alpha value is -1.31. The number of carboxylic acid groups (broad SMARTS) is 1. The van der Waals surface area contributed by atoms with Crippen molar-refractivity contribution in [1.29, 1.82) is 0 Å². The third-order valence-electron chi connectivity index (χ3n) is 3.81. The SMILES string of the molecule is O=C(O)CC1CS(=O)(=O)CCN1C(=O)N1CCCCC1. The molecule has 2 aliphatic rings. The van der Waals surface area contributed by atoms with Crippen LogP contribution in [0, 0.1) is 0 Å². The first-order chi connectivity index (χ1) is 9.39. The molecule has 2 amide bonds. The summed E-state index contributed by atoms with van der Waals surface area (Å²) in [7, 11) is -3.25. The number of piperidine rings is 1. The normalized spacial score (nSPS) is 26.3. The van der Waals surface area contributed by atoms with Gasteiger partial charge >= 0.3 is 12.0 Å². The Morgan fingerprint density at radius 2 is 1.75 bits per heavy atom. The molecule has 2 saturated heterocycles. The number of urea groups is 1. The van der Waals surface area contributed by atoms with Crippen LogP contribution in [0.25, 0.3) is 0 Å². The Morgan fingerprint density at radius 1 is 1.10 bits per heavy atom. The fraction of sp³-hybridized carbons (Fsp3) is 0.833. The zero-order valence-corrected chi connectivity index (χ0v) is 12.1. The summed E-state index contributed by atoms with van der Waals surface area (Å²) >= 11 is 0. The van der Waals surface area contributed by atoms with Gasteiger partial charge in [0.15, 0.2) is 9.84 Å². The Labute approximate surface area is 118 Å². The maximum atomic E-state index is 12.4. The highest BCUT2D eigenvalue weighted by Gasteiger charge is 2.37. The Balaban J connectivity index is 2.10. The van der Waals surface area contributed by atoms with E-state index in [9.17, 15) is 18.0 Å². The van der Waals surface area contributed by atoms with E-state index in [0.717, 1.165) is 19.3 Å². The van der Waals surface area contributed by atoms with Gasteiger partial charge in [-0.2, -0.15) is 0 Å². The average molecular weight is 304 g/mol. The molecule has 0 bridgehead atoms. The van der Waals surface area contributed by atoms with Gasteiger partial charge in [-0.15, -0.1) is 0 Å². The predicted molar refractivity (Wildman–Crippen MR) is 72.2 cm³/mol. The number of carbonyl (C=O) groups excluding carboxylic acids is 1. The second-order valence-electron chi connectivity index (χ2n) is 5.39. The largest absolute Gasteiger partial charge is 0.481 e. The van der Waals surface area contributed by atoms with Crippen LogP contribution in [-0.4, -0.2) is 72.5 Å². The minimum Gasteiger partial charge on any atom is -0.481 e. The fourth-order valence-corrected chi connectivity index (χ4v) is 4.30. The molecular formula is C12H20N2O5S. The van der Waals surface area contributed by atoms with Crippen LogP contribution in [0.3, 0.4) is 0 Å². The van der Waals surface area contributed by atoms with E-state index in [4.69, 9.17) is 5.11 Å². The predicted octanol–water partition coefficient (Wildman–Crippen LogP) is 0.166. The number of aliphatic carboxylic acids is 1. The number of likely N-dealkylation sites (tertiary alicyclic amines) is 1. The first kappa shape index (κ1) is 15.1. The van der Waals surface area contributed by atoms with Crippen molar-refractivity contribution in [2.24, 2.45) is 0 Å². The van der Waals surface area contributed by atoms with Crippen molar-refractivity contribution < 1.29 is 23.1 Å². The van der Waals surface area contributed by atoms with Crippen LogP contribution in [0.2, 0.25) is 0 Å². The number of sulfone groups is 1. The smallest absolute Gasteiger partial charge is 0.320 e. The molecule has 0 aromatic heterocycles. The van der Waals surface area contributed by atoms with Crippen LogP contribution in [0.15, 0.2) is 0 Å². The minimum absolute atomic E-state index is 0.0807. The lowest BCUT2D eigenvalue weighted by atomic mass is 10.1. The molecule has 0 aromatic carbocycles. The van der Waals surface area contributed by atoms with Gasteiger partial charge in [-0.3, -0.25) is 4.79 Å². The quantitative estimate of drug-likeness (QED) is 0.784. The van der Waals surface area contributed by atoms with Crippen LogP contribution in [0.1, 0.15) is 25.7 Å². The summed E-state index contributed by atoms with van der Waals surface area (Å²) in [5, 5.41) is 8.90. The lowest BCUT2D eigenvalue weighted by molar-refractivity contribution is -0.138. The fourth-order valence-electron chi connectivity index (χ4n) is 2.78. The van der Waals surface area contributed by atoms with E-state index in [2.05, 4.69) is 0 Å². The number of hydrogen-bond donors (Lipinski definition) is 1. The minimum atomic E-state index is -3.25. The summed E-state index contributed by atoms with van der Waals surface area (Å²) in [6, 6.07) is -0.966. The molecule has 1 N–H and O–H groups in total. The summed E-state index contributed by atoms with van der Waals surface area (Å²) in [6.45, 7) is 1.43. The first-order valence-electron chi connectivity index (χ1n) is 6.87. The van der Waals surface area contributed by atoms with Crippen molar-refractivity contribution in [2.75, 3.05) is 31.1 Å². The number of rotatable bonds is 2. The van der Waals surface area contributed by atoms with E-state index in [1.54, 1.807) is 4.90 Å². The average Bonchev–Trinajstić information content (AvgIpc) is 2.37. The molecule has 0 aliphatic carbocycles. The molecule has 0 radical (unpaired) electrons. The standard InChI is InChI=1S/C12H20N2O5S/c15-11(16)8-10-9-20(18,19)7-6-14(10)12(17)13-4-2-1-3-5-13/h10H,1-9H2,(H,15,16). The van der Waals surface area contributed by atoms with E-state index < -0.39 is 21.8 Å². The van der Waals surface area contributed by atoms with Gasteiger partial charge in [0.1, 0.15) is 0 Å². The molecule has 2 rings (SSSR count). The molecule has 114 valence electrons. The zero-order chi connectivity index (χ0) is 14.8. The summed E-state index contributed by atoms with van der Waals surface area (Å²) in [4.78, 5) is 26.4. The molecule has 1 unspecified atom stereocenters. The first-order valence-corrected chi connectivity index (χ1v) is 8.69. The summed E-state index contributed by atoms with van der Waals surface area (Å²) < 4.78 is 23.3. The highest BCUT2D eigenvalue weighted by atomic mass is 32.2. The van der Waals surface area contributed by atoms with Gasteiger partial charge in [-0.1, -0.05) is 0 Å². The molecule has 2 fully saturated rings. The maximum absolute atomic E-state index is 12.4. The molecule has 1 atom stereocenters. The third-order valence-corrected chi connectivity index (χ3v) is 5.51. The second-order valence-corrected chi connectivity index (χ2v) is 7.62. The van der Waals surface area contributed by atoms with Crippen molar-refractivity contribution in [3.05, 3.63) is 0 Å². The van der Waals surface area contributed by atoms with Crippen molar-refractivity contribution >= 4 is 21.8 Å². The van der Waals surface area contributed by atoms with E-state index in [0.29, 0.717) is 13.1 Å². The second kappa shape index (κ2) is 5.99. The number of carbonyl (C=O) groups is 2. The Bertz CT molecular complexity index is 484. The van der Waals surface area contributed by atoms with Gasteiger partial charge in [-0.05, 0) is 19.3 Å². The molecule has 0 aromatic rings. The molecule has 8 heteroatoms. The topological polar surface area (TPSA) is 95.0 Å². The van der Waals surface area contributed by atoms with E-state index >= 15 is 0 Å². The highest BCUT2D eigenvalue weighted by molar-refractivity contribution is 7.91.